The Morgan fingerprint density at radius 1 is 1.18 bits per heavy atom. The standard InChI is InChI=1S/C24H27FN4O4/c1-14-9-10-28(17-3-2-4-17)19-13-27-12-18(21(30)22(31)20(27)24(33)29(14)19)23(32)26-11-15-5-7-16(25)8-6-15/h5-8,12,14,17,19,31H,2-4,9-11,13H2,1H3,(H,26,32)/t14-,19?/m0/s1. The van der Waals surface area contributed by atoms with Crippen molar-refractivity contribution in [1.82, 2.24) is 19.7 Å². The Labute approximate surface area is 190 Å². The van der Waals surface area contributed by atoms with Crippen molar-refractivity contribution < 1.29 is 19.1 Å². The summed E-state index contributed by atoms with van der Waals surface area (Å²) in [7, 11) is 0. The van der Waals surface area contributed by atoms with E-state index >= 15 is 0 Å². The minimum absolute atomic E-state index is 0.000706. The highest BCUT2D eigenvalue weighted by Gasteiger charge is 2.46. The lowest BCUT2D eigenvalue weighted by Gasteiger charge is -2.54. The van der Waals surface area contributed by atoms with Gasteiger partial charge in [-0.15, -0.1) is 0 Å². The van der Waals surface area contributed by atoms with Crippen LogP contribution in [0.4, 0.5) is 4.39 Å². The molecule has 2 aromatic rings. The van der Waals surface area contributed by atoms with E-state index < -0.39 is 17.1 Å². The van der Waals surface area contributed by atoms with E-state index in [2.05, 4.69) is 10.2 Å². The molecule has 1 saturated heterocycles. The smallest absolute Gasteiger partial charge is 0.276 e. The molecular formula is C24H27FN4O4. The van der Waals surface area contributed by atoms with Crippen LogP contribution in [0.1, 0.15) is 59.0 Å². The number of nitrogens with zero attached hydrogens (tertiary/aromatic N) is 3. The van der Waals surface area contributed by atoms with Gasteiger partial charge in [0.1, 0.15) is 17.5 Å². The molecule has 1 unspecified atom stereocenters. The van der Waals surface area contributed by atoms with Crippen LogP contribution in [-0.4, -0.2) is 56.1 Å². The number of benzene rings is 1. The maximum atomic E-state index is 13.4. The molecule has 1 aromatic heterocycles. The lowest BCUT2D eigenvalue weighted by Crippen LogP contribution is -2.66. The fourth-order valence-electron chi connectivity index (χ4n) is 5.11. The molecule has 0 bridgehead atoms. The topological polar surface area (TPSA) is 94.9 Å². The Morgan fingerprint density at radius 3 is 2.58 bits per heavy atom. The zero-order valence-electron chi connectivity index (χ0n) is 18.5. The quantitative estimate of drug-likeness (QED) is 0.738. The Balaban J connectivity index is 1.45. The number of aromatic nitrogens is 1. The van der Waals surface area contributed by atoms with Crippen LogP contribution in [-0.2, 0) is 13.1 Å². The van der Waals surface area contributed by atoms with Gasteiger partial charge in [0.25, 0.3) is 11.8 Å². The molecule has 5 rings (SSSR count). The number of carbonyl (C=O) groups excluding carboxylic acids is 2. The molecular weight excluding hydrogens is 427 g/mol. The van der Waals surface area contributed by atoms with Gasteiger partial charge in [0, 0.05) is 31.4 Å². The maximum absolute atomic E-state index is 13.4. The van der Waals surface area contributed by atoms with Crippen molar-refractivity contribution in [2.24, 2.45) is 0 Å². The van der Waals surface area contributed by atoms with Crippen molar-refractivity contribution in [3.05, 3.63) is 63.3 Å². The zero-order valence-corrected chi connectivity index (χ0v) is 18.5. The third kappa shape index (κ3) is 3.70. The number of amides is 2. The van der Waals surface area contributed by atoms with Gasteiger partial charge < -0.3 is 19.9 Å². The van der Waals surface area contributed by atoms with Gasteiger partial charge in [-0.3, -0.25) is 19.3 Å². The van der Waals surface area contributed by atoms with Crippen LogP contribution >= 0.6 is 0 Å². The van der Waals surface area contributed by atoms with Crippen molar-refractivity contribution in [2.45, 2.75) is 63.9 Å². The van der Waals surface area contributed by atoms with E-state index in [1.54, 1.807) is 21.6 Å². The molecule has 3 aliphatic rings. The normalized spacial score (nSPS) is 23.0. The molecule has 0 radical (unpaired) electrons. The van der Waals surface area contributed by atoms with E-state index in [0.29, 0.717) is 18.2 Å². The number of halogens is 1. The van der Waals surface area contributed by atoms with E-state index in [0.717, 1.165) is 25.8 Å². The predicted octanol–water partition coefficient (Wildman–Crippen LogP) is 2.05. The lowest BCUT2D eigenvalue weighted by atomic mass is 9.89. The molecule has 1 aliphatic carbocycles. The molecule has 8 nitrogen and oxygen atoms in total. The zero-order chi connectivity index (χ0) is 23.3. The highest BCUT2D eigenvalue weighted by atomic mass is 19.1. The number of hydrogen-bond donors (Lipinski definition) is 2. The highest BCUT2D eigenvalue weighted by molar-refractivity contribution is 5.99. The first kappa shape index (κ1) is 21.6. The number of hydrogen-bond acceptors (Lipinski definition) is 5. The van der Waals surface area contributed by atoms with E-state index in [1.165, 1.54) is 24.8 Å². The van der Waals surface area contributed by atoms with Crippen LogP contribution in [0.3, 0.4) is 0 Å². The molecule has 9 heteroatoms. The molecule has 2 aliphatic heterocycles. The van der Waals surface area contributed by atoms with E-state index in [4.69, 9.17) is 0 Å². The molecule has 2 atom stereocenters. The first-order valence-corrected chi connectivity index (χ1v) is 11.4. The first-order valence-electron chi connectivity index (χ1n) is 11.4. The Kier molecular flexibility index (Phi) is 5.44. The monoisotopic (exact) mass is 454 g/mol. The van der Waals surface area contributed by atoms with Crippen molar-refractivity contribution >= 4 is 11.8 Å². The molecule has 0 spiro atoms. The molecule has 2 amide bonds. The number of aromatic hydroxyl groups is 1. The first-order chi connectivity index (χ1) is 15.8. The molecule has 2 N–H and O–H groups in total. The number of carbonyl (C=O) groups is 2. The van der Waals surface area contributed by atoms with Crippen LogP contribution in [0.15, 0.2) is 35.3 Å². The van der Waals surface area contributed by atoms with Crippen molar-refractivity contribution in [2.75, 3.05) is 6.54 Å². The van der Waals surface area contributed by atoms with Gasteiger partial charge in [0.05, 0.1) is 6.54 Å². The highest BCUT2D eigenvalue weighted by Crippen LogP contribution is 2.36. The van der Waals surface area contributed by atoms with Gasteiger partial charge >= 0.3 is 0 Å². The summed E-state index contributed by atoms with van der Waals surface area (Å²) in [6.07, 6.45) is 5.44. The van der Waals surface area contributed by atoms with Crippen LogP contribution < -0.4 is 10.7 Å². The Bertz CT molecular complexity index is 1160. The molecule has 2 fully saturated rings. The maximum Gasteiger partial charge on any atom is 0.276 e. The molecule has 1 aromatic carbocycles. The second kappa shape index (κ2) is 8.30. The average Bonchev–Trinajstić information content (AvgIpc) is 2.76. The number of rotatable bonds is 4. The molecule has 1 saturated carbocycles. The largest absolute Gasteiger partial charge is 0.503 e. The summed E-state index contributed by atoms with van der Waals surface area (Å²) in [6, 6.07) is 6.10. The van der Waals surface area contributed by atoms with E-state index in [-0.39, 0.29) is 41.7 Å². The van der Waals surface area contributed by atoms with E-state index in [1.807, 2.05) is 6.92 Å². The number of fused-ring (bicyclic) bond motifs is 2. The Morgan fingerprint density at radius 2 is 1.91 bits per heavy atom. The van der Waals surface area contributed by atoms with Gasteiger partial charge in [-0.05, 0) is 43.9 Å². The average molecular weight is 455 g/mol. The van der Waals surface area contributed by atoms with Gasteiger partial charge in [0.2, 0.25) is 5.43 Å². The number of nitrogens with one attached hydrogen (secondary N) is 1. The third-order valence-corrected chi connectivity index (χ3v) is 7.19. The summed E-state index contributed by atoms with van der Waals surface area (Å²) in [6.45, 7) is 3.37. The van der Waals surface area contributed by atoms with Crippen molar-refractivity contribution in [1.29, 1.82) is 0 Å². The number of pyridine rings is 1. The summed E-state index contributed by atoms with van der Waals surface area (Å²) < 4.78 is 14.6. The lowest BCUT2D eigenvalue weighted by molar-refractivity contribution is -0.0661. The van der Waals surface area contributed by atoms with Gasteiger partial charge in [0.15, 0.2) is 11.4 Å². The molecule has 3 heterocycles. The van der Waals surface area contributed by atoms with Gasteiger partial charge in [-0.25, -0.2) is 4.39 Å². The Hall–Kier alpha value is -3.20. The SMILES string of the molecule is C[C@H]1CCN(C2CCC2)C2Cn3cc(C(=O)NCc4ccc(F)cc4)c(=O)c(O)c3C(=O)N21. The van der Waals surface area contributed by atoms with Gasteiger partial charge in [-0.1, -0.05) is 18.6 Å². The van der Waals surface area contributed by atoms with E-state index in [9.17, 15) is 23.9 Å². The summed E-state index contributed by atoms with van der Waals surface area (Å²) in [5, 5.41) is 13.3. The molecule has 174 valence electrons. The summed E-state index contributed by atoms with van der Waals surface area (Å²) >= 11 is 0. The summed E-state index contributed by atoms with van der Waals surface area (Å²) in [4.78, 5) is 43.1. The van der Waals surface area contributed by atoms with Crippen LogP contribution in [0.5, 0.6) is 5.75 Å². The minimum atomic E-state index is -0.870. The van der Waals surface area contributed by atoms with Crippen LogP contribution in [0, 0.1) is 5.82 Å². The fraction of sp³-hybridized carbons (Fsp3) is 0.458. The fourth-order valence-corrected chi connectivity index (χ4v) is 5.11. The van der Waals surface area contributed by atoms with Gasteiger partial charge in [-0.2, -0.15) is 0 Å². The summed E-state index contributed by atoms with van der Waals surface area (Å²) in [5.41, 5.74) is -0.484. The predicted molar refractivity (Wildman–Crippen MR) is 118 cm³/mol. The van der Waals surface area contributed by atoms with Crippen LogP contribution in [0.2, 0.25) is 0 Å². The second-order valence-electron chi connectivity index (χ2n) is 9.18. The minimum Gasteiger partial charge on any atom is -0.503 e. The second-order valence-corrected chi connectivity index (χ2v) is 9.18. The van der Waals surface area contributed by atoms with Crippen molar-refractivity contribution in [3.8, 4) is 5.75 Å². The molecule has 33 heavy (non-hydrogen) atoms. The summed E-state index contributed by atoms with van der Waals surface area (Å²) in [5.74, 6) is -2.11. The third-order valence-electron chi connectivity index (χ3n) is 7.19. The van der Waals surface area contributed by atoms with Crippen LogP contribution in [0.25, 0.3) is 0 Å². The van der Waals surface area contributed by atoms with Crippen molar-refractivity contribution in [3.63, 3.8) is 0 Å².